The molecule has 0 N–H and O–H groups in total. The number of hydrogen-bond acceptors (Lipinski definition) is 1. The van der Waals surface area contributed by atoms with E-state index < -0.39 is 0 Å². The molecule has 0 amide bonds. The third-order valence-corrected chi connectivity index (χ3v) is 4.16. The molecule has 0 aromatic heterocycles. The van der Waals surface area contributed by atoms with Crippen LogP contribution in [0.4, 0.5) is 0 Å². The average molecular weight is 255 g/mol. The second-order valence-electron chi connectivity index (χ2n) is 3.20. The fourth-order valence-electron chi connectivity index (χ4n) is 1.12. The van der Waals surface area contributed by atoms with Crippen LogP contribution in [-0.4, -0.2) is 20.7 Å². The molecular weight excluding hydrogens is 239 g/mol. The summed E-state index contributed by atoms with van der Waals surface area (Å²) >= 11 is 0.503. The fourth-order valence-corrected chi connectivity index (χ4v) is 3.19. The molecule has 0 atom stereocenters. The van der Waals surface area contributed by atoms with Crippen molar-refractivity contribution in [2.24, 2.45) is 0 Å². The topological polar surface area (TPSA) is 17.1 Å². The van der Waals surface area contributed by atoms with Gasteiger partial charge >= 0.3 is 91.8 Å². The Kier molecular flexibility index (Phi) is 5.58. The van der Waals surface area contributed by atoms with Crippen LogP contribution in [0.2, 0.25) is 10.6 Å². The molecule has 0 aliphatic carbocycles. The van der Waals surface area contributed by atoms with E-state index in [0.29, 0.717) is 20.7 Å². The van der Waals surface area contributed by atoms with E-state index in [1.807, 2.05) is 30.3 Å². The molecule has 1 rings (SSSR count). The zero-order chi connectivity index (χ0) is 10.2. The molecule has 14 heavy (non-hydrogen) atoms. The van der Waals surface area contributed by atoms with E-state index in [1.165, 1.54) is 18.2 Å². The van der Waals surface area contributed by atoms with Crippen LogP contribution in [0.15, 0.2) is 30.3 Å². The molecule has 0 saturated carbocycles. The van der Waals surface area contributed by atoms with Crippen molar-refractivity contribution < 1.29 is 4.79 Å². The molecule has 0 spiro atoms. The first-order valence-corrected chi connectivity index (χ1v) is 7.43. The van der Waals surface area contributed by atoms with Crippen molar-refractivity contribution in [1.29, 1.82) is 0 Å². The van der Waals surface area contributed by atoms with Crippen molar-refractivity contribution >= 4 is 20.7 Å². The second-order valence-corrected chi connectivity index (χ2v) is 5.51. The summed E-state index contributed by atoms with van der Waals surface area (Å²) in [6.45, 7) is 2.19. The predicted molar refractivity (Wildman–Crippen MR) is 61.0 cm³/mol. The van der Waals surface area contributed by atoms with Gasteiger partial charge in [-0.05, 0) is 0 Å². The molecule has 1 nitrogen and oxygen atoms in total. The van der Waals surface area contributed by atoms with Crippen molar-refractivity contribution in [3.63, 3.8) is 0 Å². The van der Waals surface area contributed by atoms with Gasteiger partial charge in [-0.25, -0.2) is 0 Å². The van der Waals surface area contributed by atoms with Gasteiger partial charge in [-0.2, -0.15) is 0 Å². The van der Waals surface area contributed by atoms with Gasteiger partial charge in [-0.3, -0.25) is 0 Å². The second kappa shape index (κ2) is 6.80. The first-order chi connectivity index (χ1) is 6.84. The Labute approximate surface area is 92.1 Å². The summed E-state index contributed by atoms with van der Waals surface area (Å²) in [5.41, 5.74) is 0.867. The van der Waals surface area contributed by atoms with E-state index >= 15 is 0 Å². The third kappa shape index (κ3) is 4.08. The van der Waals surface area contributed by atoms with Crippen LogP contribution in [0.25, 0.3) is 0 Å². The number of unbranched alkanes of at least 4 members (excludes halogenated alkanes) is 1. The van der Waals surface area contributed by atoms with Crippen molar-refractivity contribution in [2.45, 2.75) is 30.4 Å². The molecule has 1 aromatic carbocycles. The van der Waals surface area contributed by atoms with Crippen molar-refractivity contribution in [2.75, 3.05) is 0 Å². The standard InChI is InChI=1S/C12H16OSe/c1-2-3-9-14-10-12(13)11-7-5-4-6-8-11/h4-8H,2-3,9-10H2,1H3. The summed E-state index contributed by atoms with van der Waals surface area (Å²) in [5.74, 6) is 0.307. The summed E-state index contributed by atoms with van der Waals surface area (Å²) in [7, 11) is 0. The molecular formula is C12H16OSe. The summed E-state index contributed by atoms with van der Waals surface area (Å²) in [4.78, 5) is 11.6. The van der Waals surface area contributed by atoms with E-state index in [9.17, 15) is 4.79 Å². The van der Waals surface area contributed by atoms with E-state index in [1.54, 1.807) is 0 Å². The van der Waals surface area contributed by atoms with Crippen LogP contribution >= 0.6 is 0 Å². The van der Waals surface area contributed by atoms with Crippen molar-refractivity contribution in [3.8, 4) is 0 Å². The van der Waals surface area contributed by atoms with Crippen molar-refractivity contribution in [3.05, 3.63) is 35.9 Å². The SMILES string of the molecule is CCCC[Se]CC(=O)c1ccccc1. The maximum absolute atomic E-state index is 11.6. The Morgan fingerprint density at radius 1 is 1.29 bits per heavy atom. The number of hydrogen-bond donors (Lipinski definition) is 0. The predicted octanol–water partition coefficient (Wildman–Crippen LogP) is 3.21. The molecule has 76 valence electrons. The first kappa shape index (κ1) is 11.5. The molecule has 1 aromatic rings. The molecule has 0 unspecified atom stereocenters. The van der Waals surface area contributed by atoms with Gasteiger partial charge in [0.2, 0.25) is 0 Å². The normalized spacial score (nSPS) is 10.1. The molecule has 2 heteroatoms. The average Bonchev–Trinajstić information content (AvgIpc) is 2.25. The molecule has 0 aliphatic heterocycles. The summed E-state index contributed by atoms with van der Waals surface area (Å²) < 4.78 is 0. The van der Waals surface area contributed by atoms with E-state index in [2.05, 4.69) is 6.92 Å². The Balaban J connectivity index is 2.29. The van der Waals surface area contributed by atoms with E-state index in [4.69, 9.17) is 0 Å². The minimum atomic E-state index is 0.307. The number of carbonyl (C=O) groups excluding carboxylic acids is 1. The molecule has 0 heterocycles. The zero-order valence-corrected chi connectivity index (χ0v) is 10.2. The van der Waals surface area contributed by atoms with Crippen LogP contribution in [0.1, 0.15) is 30.1 Å². The van der Waals surface area contributed by atoms with Crippen LogP contribution in [0.3, 0.4) is 0 Å². The molecule has 0 aliphatic rings. The first-order valence-electron chi connectivity index (χ1n) is 5.00. The maximum atomic E-state index is 11.6. The van der Waals surface area contributed by atoms with Crippen LogP contribution < -0.4 is 0 Å². The van der Waals surface area contributed by atoms with E-state index in [-0.39, 0.29) is 0 Å². The molecule has 0 fully saturated rings. The van der Waals surface area contributed by atoms with Gasteiger partial charge in [-0.15, -0.1) is 0 Å². The summed E-state index contributed by atoms with van der Waals surface area (Å²) in [5, 5.41) is 2.00. The quantitative estimate of drug-likeness (QED) is 0.433. The number of benzene rings is 1. The zero-order valence-electron chi connectivity index (χ0n) is 8.53. The Hall–Kier alpha value is -0.591. The van der Waals surface area contributed by atoms with Gasteiger partial charge < -0.3 is 0 Å². The minimum absolute atomic E-state index is 0.307. The number of Topliss-reactive ketones (excluding diaryl/α,β-unsaturated/α-hetero) is 1. The number of rotatable bonds is 6. The van der Waals surface area contributed by atoms with Gasteiger partial charge in [0.1, 0.15) is 0 Å². The fraction of sp³-hybridized carbons (Fsp3) is 0.417. The van der Waals surface area contributed by atoms with Crippen LogP contribution in [0, 0.1) is 0 Å². The van der Waals surface area contributed by atoms with E-state index in [0.717, 1.165) is 10.9 Å². The third-order valence-electron chi connectivity index (χ3n) is 1.97. The van der Waals surface area contributed by atoms with Crippen LogP contribution in [0.5, 0.6) is 0 Å². The van der Waals surface area contributed by atoms with Gasteiger partial charge in [0.05, 0.1) is 0 Å². The number of carbonyl (C=O) groups is 1. The Morgan fingerprint density at radius 3 is 2.64 bits per heavy atom. The summed E-state index contributed by atoms with van der Waals surface area (Å²) in [6, 6.07) is 9.59. The van der Waals surface area contributed by atoms with Crippen LogP contribution in [-0.2, 0) is 0 Å². The Bertz CT molecular complexity index is 269. The molecule has 0 bridgehead atoms. The molecule has 0 saturated heterocycles. The monoisotopic (exact) mass is 256 g/mol. The molecule has 0 radical (unpaired) electrons. The van der Waals surface area contributed by atoms with Crippen molar-refractivity contribution in [1.82, 2.24) is 0 Å². The van der Waals surface area contributed by atoms with Gasteiger partial charge in [0, 0.05) is 0 Å². The summed E-state index contributed by atoms with van der Waals surface area (Å²) in [6.07, 6.45) is 2.50. The number of ketones is 1. The van der Waals surface area contributed by atoms with Gasteiger partial charge in [0.15, 0.2) is 0 Å². The van der Waals surface area contributed by atoms with Gasteiger partial charge in [-0.1, -0.05) is 0 Å². The Morgan fingerprint density at radius 2 is 2.00 bits per heavy atom. The van der Waals surface area contributed by atoms with Gasteiger partial charge in [0.25, 0.3) is 0 Å².